The van der Waals surface area contributed by atoms with E-state index in [9.17, 15) is 0 Å². The van der Waals surface area contributed by atoms with Crippen LogP contribution in [0.2, 0.25) is 0 Å². The van der Waals surface area contributed by atoms with Crippen molar-refractivity contribution in [3.63, 3.8) is 0 Å². The number of nitrogens with two attached hydrogens (primary N) is 1. The highest BCUT2D eigenvalue weighted by atomic mass is 16.5. The first-order chi connectivity index (χ1) is 18.7. The molecule has 4 aromatic rings. The van der Waals surface area contributed by atoms with Gasteiger partial charge in [-0.15, -0.1) is 0 Å². The molecule has 0 saturated carbocycles. The van der Waals surface area contributed by atoms with Crippen LogP contribution in [0.15, 0.2) is 85.1 Å². The zero-order valence-electron chi connectivity index (χ0n) is 23.0. The number of rotatable bonds is 14. The van der Waals surface area contributed by atoms with Crippen LogP contribution < -0.4 is 20.5 Å². The highest BCUT2D eigenvalue weighted by molar-refractivity contribution is 5.92. The number of nitrogen functional groups attached to an aromatic ring is 1. The van der Waals surface area contributed by atoms with E-state index in [1.165, 1.54) is 38.5 Å². The quantitative estimate of drug-likeness (QED) is 0.130. The van der Waals surface area contributed by atoms with E-state index in [0.717, 1.165) is 65.5 Å². The van der Waals surface area contributed by atoms with Gasteiger partial charge in [0.2, 0.25) is 0 Å². The Labute approximate surface area is 228 Å². The number of hydrogen-bond donors (Lipinski definition) is 2. The topological polar surface area (TPSA) is 69.4 Å². The van der Waals surface area contributed by atoms with E-state index in [2.05, 4.69) is 42.3 Å². The molecule has 1 aromatic heterocycles. The number of benzene rings is 3. The van der Waals surface area contributed by atoms with Gasteiger partial charge in [-0.2, -0.15) is 0 Å². The monoisotopic (exact) mass is 513 g/mol. The summed E-state index contributed by atoms with van der Waals surface area (Å²) in [6.07, 6.45) is 11.7. The fraction of sp³-hybridized carbons (Fsp3) is 0.364. The number of pyridine rings is 1. The van der Waals surface area contributed by atoms with Gasteiger partial charge in [-0.25, -0.2) is 0 Å². The number of nitrogens with zero attached hydrogens (tertiary/aromatic N) is 1. The number of anilines is 3. The molecule has 0 radical (unpaired) electrons. The van der Waals surface area contributed by atoms with E-state index in [1.807, 2.05) is 66.9 Å². The van der Waals surface area contributed by atoms with Crippen LogP contribution in [0.1, 0.15) is 65.2 Å². The number of para-hydroxylation sites is 1. The van der Waals surface area contributed by atoms with Crippen molar-refractivity contribution in [2.75, 3.05) is 24.3 Å². The van der Waals surface area contributed by atoms with Crippen molar-refractivity contribution >= 4 is 28.0 Å². The summed E-state index contributed by atoms with van der Waals surface area (Å²) in [7, 11) is 0. The standard InChI is InChI=1S/C21H24N2O.C12H19NO/c1-2-3-4-7-16-24-18-12-10-17(11-13-18)23-21-14-15-22-20-9-6-5-8-19(20)21;1-2-3-4-5-10-14-12-8-6-11(13)7-9-12/h5-6,8-15H,2-4,7,16H2,1H3,(H,22,23);6-9H,2-5,10,13H2,1H3. The maximum Gasteiger partial charge on any atom is 0.119 e. The minimum atomic E-state index is 0.781. The van der Waals surface area contributed by atoms with E-state index >= 15 is 0 Å². The predicted molar refractivity (Wildman–Crippen MR) is 162 cm³/mol. The Morgan fingerprint density at radius 2 is 1.24 bits per heavy atom. The molecule has 3 aromatic carbocycles. The third kappa shape index (κ3) is 10.3. The Morgan fingerprint density at radius 1 is 0.658 bits per heavy atom. The first-order valence-electron chi connectivity index (χ1n) is 14.0. The Bertz CT molecular complexity index is 1170. The van der Waals surface area contributed by atoms with Crippen molar-refractivity contribution in [2.24, 2.45) is 0 Å². The molecule has 0 amide bonds. The van der Waals surface area contributed by atoms with E-state index in [-0.39, 0.29) is 0 Å². The maximum absolute atomic E-state index is 5.79. The molecule has 3 N–H and O–H groups in total. The molecular formula is C33H43N3O2. The normalized spacial score (nSPS) is 10.5. The molecule has 4 rings (SSSR count). The molecule has 0 bridgehead atoms. The molecule has 0 aliphatic heterocycles. The molecule has 1 heterocycles. The number of nitrogens with one attached hydrogen (secondary N) is 1. The van der Waals surface area contributed by atoms with E-state index in [0.29, 0.717) is 0 Å². The van der Waals surface area contributed by atoms with Gasteiger partial charge in [0.05, 0.1) is 18.7 Å². The van der Waals surface area contributed by atoms with Gasteiger partial charge in [-0.1, -0.05) is 70.6 Å². The van der Waals surface area contributed by atoms with Crippen molar-refractivity contribution < 1.29 is 9.47 Å². The molecule has 0 aliphatic carbocycles. The lowest BCUT2D eigenvalue weighted by Crippen LogP contribution is -1.97. The van der Waals surface area contributed by atoms with Gasteiger partial charge >= 0.3 is 0 Å². The Morgan fingerprint density at radius 3 is 1.84 bits per heavy atom. The first kappa shape index (κ1) is 28.8. The lowest BCUT2D eigenvalue weighted by molar-refractivity contribution is 0.305. The van der Waals surface area contributed by atoms with Crippen molar-refractivity contribution in [2.45, 2.75) is 65.2 Å². The van der Waals surface area contributed by atoms with Crippen molar-refractivity contribution in [3.05, 3.63) is 85.1 Å². The van der Waals surface area contributed by atoms with Crippen molar-refractivity contribution in [3.8, 4) is 11.5 Å². The third-order valence-corrected chi connectivity index (χ3v) is 6.20. The summed E-state index contributed by atoms with van der Waals surface area (Å²) in [6, 6.07) is 25.8. The second kappa shape index (κ2) is 16.9. The lowest BCUT2D eigenvalue weighted by Gasteiger charge is -2.11. The molecule has 0 fully saturated rings. The second-order valence-corrected chi connectivity index (χ2v) is 9.41. The molecule has 5 nitrogen and oxygen atoms in total. The van der Waals surface area contributed by atoms with Crippen molar-refractivity contribution in [1.29, 1.82) is 0 Å². The van der Waals surface area contributed by atoms with Crippen LogP contribution in [-0.4, -0.2) is 18.2 Å². The fourth-order valence-corrected chi connectivity index (χ4v) is 4.00. The Kier molecular flexibility index (Phi) is 12.8. The summed E-state index contributed by atoms with van der Waals surface area (Å²) >= 11 is 0. The number of fused-ring (bicyclic) bond motifs is 1. The zero-order chi connectivity index (χ0) is 26.8. The van der Waals surface area contributed by atoms with Gasteiger partial charge in [0, 0.05) is 28.6 Å². The lowest BCUT2D eigenvalue weighted by atomic mass is 10.2. The smallest absolute Gasteiger partial charge is 0.119 e. The minimum Gasteiger partial charge on any atom is -0.494 e. The van der Waals surface area contributed by atoms with Gasteiger partial charge in [0.1, 0.15) is 11.5 Å². The van der Waals surface area contributed by atoms with Gasteiger partial charge in [-0.3, -0.25) is 4.98 Å². The summed E-state index contributed by atoms with van der Waals surface area (Å²) in [5.74, 6) is 1.84. The summed E-state index contributed by atoms with van der Waals surface area (Å²) in [4.78, 5) is 4.39. The summed E-state index contributed by atoms with van der Waals surface area (Å²) < 4.78 is 11.3. The molecule has 0 aliphatic rings. The van der Waals surface area contributed by atoms with Crippen LogP contribution >= 0.6 is 0 Å². The highest BCUT2D eigenvalue weighted by Gasteiger charge is 2.02. The van der Waals surface area contributed by atoms with Crippen LogP contribution in [0.4, 0.5) is 17.1 Å². The molecular weight excluding hydrogens is 470 g/mol. The Balaban J connectivity index is 0.000000244. The minimum absolute atomic E-state index is 0.781. The summed E-state index contributed by atoms with van der Waals surface area (Å²) in [5.41, 5.74) is 9.45. The van der Waals surface area contributed by atoms with Crippen LogP contribution in [0, 0.1) is 0 Å². The van der Waals surface area contributed by atoms with Crippen LogP contribution in [0.3, 0.4) is 0 Å². The fourth-order valence-electron chi connectivity index (χ4n) is 4.00. The average molecular weight is 514 g/mol. The molecule has 0 spiro atoms. The van der Waals surface area contributed by atoms with Gasteiger partial charge in [0.15, 0.2) is 0 Å². The van der Waals surface area contributed by atoms with Crippen LogP contribution in [-0.2, 0) is 0 Å². The van der Waals surface area contributed by atoms with Crippen LogP contribution in [0.5, 0.6) is 11.5 Å². The summed E-state index contributed by atoms with van der Waals surface area (Å²) in [5, 5.41) is 4.58. The molecule has 0 atom stereocenters. The van der Waals surface area contributed by atoms with E-state index < -0.39 is 0 Å². The van der Waals surface area contributed by atoms with E-state index in [4.69, 9.17) is 15.2 Å². The zero-order valence-corrected chi connectivity index (χ0v) is 23.0. The molecule has 202 valence electrons. The number of unbranched alkanes of at least 4 members (excludes halogenated alkanes) is 6. The second-order valence-electron chi connectivity index (χ2n) is 9.41. The number of aromatic nitrogens is 1. The van der Waals surface area contributed by atoms with E-state index in [1.54, 1.807) is 0 Å². The SMILES string of the molecule is CCCCCCOc1ccc(N)cc1.CCCCCCOc1ccc(Nc2ccnc3ccccc23)cc1. The maximum atomic E-state index is 5.79. The van der Waals surface area contributed by atoms with Gasteiger partial charge in [0.25, 0.3) is 0 Å². The first-order valence-corrected chi connectivity index (χ1v) is 14.0. The van der Waals surface area contributed by atoms with Gasteiger partial charge < -0.3 is 20.5 Å². The number of ether oxygens (including phenoxy) is 2. The highest BCUT2D eigenvalue weighted by Crippen LogP contribution is 2.26. The molecule has 0 saturated heterocycles. The van der Waals surface area contributed by atoms with Crippen molar-refractivity contribution in [1.82, 2.24) is 4.98 Å². The molecule has 0 unspecified atom stereocenters. The Hall–Kier alpha value is -3.73. The largest absolute Gasteiger partial charge is 0.494 e. The predicted octanol–water partition coefficient (Wildman–Crippen LogP) is 9.17. The average Bonchev–Trinajstić information content (AvgIpc) is 2.95. The van der Waals surface area contributed by atoms with Gasteiger partial charge in [-0.05, 0) is 73.5 Å². The summed E-state index contributed by atoms with van der Waals surface area (Å²) in [6.45, 7) is 6.03. The third-order valence-electron chi connectivity index (χ3n) is 6.20. The molecule has 5 heteroatoms. The molecule has 38 heavy (non-hydrogen) atoms. The van der Waals surface area contributed by atoms with Crippen LogP contribution in [0.25, 0.3) is 10.9 Å². The number of hydrogen-bond acceptors (Lipinski definition) is 5.